The van der Waals surface area contributed by atoms with Crippen LogP contribution in [-0.2, 0) is 20.1 Å². The van der Waals surface area contributed by atoms with Gasteiger partial charge in [-0.2, -0.15) is 11.3 Å². The minimum atomic E-state index is -1.23. The minimum Gasteiger partial charge on any atom is -0.305 e. The maximum atomic E-state index is 8.32. The molecule has 0 amide bonds. The first kappa shape index (κ1) is 31.3. The van der Waals surface area contributed by atoms with Crippen molar-refractivity contribution in [3.05, 3.63) is 139 Å². The van der Waals surface area contributed by atoms with E-state index in [0.29, 0.717) is 0 Å². The van der Waals surface area contributed by atoms with Crippen LogP contribution in [0, 0.1) is 12.1 Å². The van der Waals surface area contributed by atoms with Crippen molar-refractivity contribution in [3.63, 3.8) is 0 Å². The van der Waals surface area contributed by atoms with Gasteiger partial charge in [0, 0.05) is 38.6 Å². The van der Waals surface area contributed by atoms with E-state index >= 15 is 0 Å². The summed E-state index contributed by atoms with van der Waals surface area (Å²) in [6, 6.07) is 44.2. The third-order valence-corrected chi connectivity index (χ3v) is 10.9. The maximum absolute atomic E-state index is 8.32. The van der Waals surface area contributed by atoms with Crippen molar-refractivity contribution >= 4 is 44.8 Å². The SMILES string of the molecule is C[Si](C)(C)c1ccc(-c2[c-]cccc2)nc1.[2H]C(C)(C)c1ccnc(-c2[c-]cc3sc4ccc(-c5ccccc5)cc4c3c2)c1.[Ir]. The molecular weight excluding hydrogens is 761 g/mol. The van der Waals surface area contributed by atoms with E-state index < -0.39 is 14.0 Å². The standard InChI is InChI=1S/C26H20NS.C14H16NSi.Ir/c1-17(2)19-12-13-27-24(16-19)21-9-11-26-23(15-21)22-14-20(8-10-25(22)28-26)18-6-4-3-5-7-18;1-16(2,3)13-9-10-14(15-11-13)12-7-5-4-6-8-12;/h3-8,10-17H,1-2H3;4-7,9-11H,1-3H3;/q2*-1;/i17D;;. The second kappa shape index (κ2) is 14.1. The zero-order chi connectivity index (χ0) is 31.6. The molecule has 1 radical (unpaired) electrons. The number of fused-ring (bicyclic) bond motifs is 3. The van der Waals surface area contributed by atoms with Gasteiger partial charge in [0.05, 0.1) is 8.07 Å². The topological polar surface area (TPSA) is 25.8 Å². The van der Waals surface area contributed by atoms with Crippen molar-refractivity contribution in [2.24, 2.45) is 0 Å². The zero-order valence-electron chi connectivity index (χ0n) is 27.2. The number of rotatable bonds is 5. The van der Waals surface area contributed by atoms with Gasteiger partial charge in [-0.25, -0.2) is 0 Å². The molecule has 0 aliphatic rings. The predicted octanol–water partition coefficient (Wildman–Crippen LogP) is 10.8. The van der Waals surface area contributed by atoms with Crippen LogP contribution in [0.3, 0.4) is 0 Å². The van der Waals surface area contributed by atoms with E-state index in [9.17, 15) is 0 Å². The Morgan fingerprint density at radius 3 is 2.18 bits per heavy atom. The summed E-state index contributed by atoms with van der Waals surface area (Å²) in [5.41, 5.74) is 7.30. The number of hydrogen-bond donors (Lipinski definition) is 0. The van der Waals surface area contributed by atoms with Crippen molar-refractivity contribution in [1.29, 1.82) is 0 Å². The Morgan fingerprint density at radius 2 is 1.49 bits per heavy atom. The summed E-state index contributed by atoms with van der Waals surface area (Å²) in [7, 11) is -1.23. The van der Waals surface area contributed by atoms with E-state index in [-0.39, 0.29) is 20.1 Å². The molecule has 227 valence electrons. The zero-order valence-corrected chi connectivity index (χ0v) is 30.4. The first-order valence-electron chi connectivity index (χ1n) is 15.4. The molecule has 7 aromatic rings. The van der Waals surface area contributed by atoms with Crippen LogP contribution in [0.5, 0.6) is 0 Å². The van der Waals surface area contributed by atoms with Gasteiger partial charge < -0.3 is 9.97 Å². The van der Waals surface area contributed by atoms with E-state index in [1.165, 1.54) is 36.5 Å². The van der Waals surface area contributed by atoms with E-state index in [2.05, 4.69) is 108 Å². The first-order chi connectivity index (χ1) is 21.6. The molecule has 0 N–H and O–H groups in total. The largest absolute Gasteiger partial charge is 0.305 e. The van der Waals surface area contributed by atoms with E-state index in [0.717, 1.165) is 28.1 Å². The molecule has 0 atom stereocenters. The van der Waals surface area contributed by atoms with Gasteiger partial charge in [0.15, 0.2) is 0 Å². The number of nitrogens with zero attached hydrogens (tertiary/aromatic N) is 2. The predicted molar refractivity (Wildman–Crippen MR) is 192 cm³/mol. The molecule has 7 rings (SSSR count). The van der Waals surface area contributed by atoms with E-state index in [1.54, 1.807) is 17.5 Å². The number of aromatic nitrogens is 2. The number of pyridine rings is 2. The number of benzene rings is 4. The summed E-state index contributed by atoms with van der Waals surface area (Å²) < 4.78 is 10.8. The maximum Gasteiger partial charge on any atom is 0.0795 e. The Bertz CT molecular complexity index is 2060. The second-order valence-electron chi connectivity index (χ2n) is 12.2. The van der Waals surface area contributed by atoms with Gasteiger partial charge in [0.25, 0.3) is 0 Å². The van der Waals surface area contributed by atoms with E-state index in [1.807, 2.05) is 62.5 Å². The monoisotopic (exact) mass is 798 g/mol. The van der Waals surface area contributed by atoms with Gasteiger partial charge >= 0.3 is 0 Å². The fourth-order valence-electron chi connectivity index (χ4n) is 5.12. The summed E-state index contributed by atoms with van der Waals surface area (Å²) in [5, 5.41) is 3.89. The summed E-state index contributed by atoms with van der Waals surface area (Å²) >= 11 is 1.80. The molecule has 3 heterocycles. The van der Waals surface area contributed by atoms with Crippen LogP contribution in [-0.4, -0.2) is 18.0 Å². The Morgan fingerprint density at radius 1 is 0.711 bits per heavy atom. The number of hydrogen-bond acceptors (Lipinski definition) is 3. The quantitative estimate of drug-likeness (QED) is 0.128. The smallest absolute Gasteiger partial charge is 0.0795 e. The molecule has 0 spiro atoms. The van der Waals surface area contributed by atoms with Crippen LogP contribution in [0.1, 0.15) is 26.7 Å². The van der Waals surface area contributed by atoms with Crippen LogP contribution in [0.15, 0.2) is 122 Å². The van der Waals surface area contributed by atoms with Crippen molar-refractivity contribution in [1.82, 2.24) is 9.97 Å². The van der Waals surface area contributed by atoms with Gasteiger partial charge in [-0.15, -0.1) is 59.7 Å². The molecule has 0 unspecified atom stereocenters. The molecule has 2 nitrogen and oxygen atoms in total. The normalized spacial score (nSPS) is 11.8. The summed E-state index contributed by atoms with van der Waals surface area (Å²) in [6.45, 7) is 10.8. The molecule has 0 aliphatic heterocycles. The van der Waals surface area contributed by atoms with Crippen molar-refractivity contribution < 1.29 is 21.5 Å². The van der Waals surface area contributed by atoms with Gasteiger partial charge in [-0.05, 0) is 61.9 Å². The summed E-state index contributed by atoms with van der Waals surface area (Å²) in [6.07, 6.45) is 3.81. The van der Waals surface area contributed by atoms with E-state index in [4.69, 9.17) is 1.37 Å². The Hall–Kier alpha value is -3.73. The average Bonchev–Trinajstić information content (AvgIpc) is 3.42. The third kappa shape index (κ3) is 7.57. The van der Waals surface area contributed by atoms with Crippen molar-refractivity contribution in [2.75, 3.05) is 0 Å². The van der Waals surface area contributed by atoms with Crippen LogP contribution in [0.4, 0.5) is 0 Å². The molecule has 4 aromatic carbocycles. The van der Waals surface area contributed by atoms with Gasteiger partial charge in [0.2, 0.25) is 0 Å². The Balaban J connectivity index is 0.000000209. The molecule has 5 heteroatoms. The molecular formula is C40H36IrN2SSi-2. The number of thiophene rings is 1. The first-order valence-corrected chi connectivity index (χ1v) is 19.2. The fourth-order valence-corrected chi connectivity index (χ4v) is 7.20. The van der Waals surface area contributed by atoms with Gasteiger partial charge in [-0.3, -0.25) is 0 Å². The third-order valence-electron chi connectivity index (χ3n) is 7.74. The molecule has 3 aromatic heterocycles. The van der Waals surface area contributed by atoms with Gasteiger partial charge in [0.1, 0.15) is 0 Å². The van der Waals surface area contributed by atoms with Gasteiger partial charge in [-0.1, -0.05) is 99.0 Å². The fraction of sp³-hybridized carbons (Fsp3) is 0.150. The Labute approximate surface area is 287 Å². The second-order valence-corrected chi connectivity index (χ2v) is 18.4. The van der Waals surface area contributed by atoms with Crippen LogP contribution in [0.2, 0.25) is 19.6 Å². The van der Waals surface area contributed by atoms with Crippen LogP contribution >= 0.6 is 11.3 Å². The molecule has 45 heavy (non-hydrogen) atoms. The summed E-state index contributed by atoms with van der Waals surface area (Å²) in [5.74, 6) is -0.651. The molecule has 0 saturated heterocycles. The van der Waals surface area contributed by atoms with Crippen LogP contribution < -0.4 is 5.19 Å². The minimum absolute atomic E-state index is 0. The van der Waals surface area contributed by atoms with Crippen molar-refractivity contribution in [3.8, 4) is 33.6 Å². The molecule has 0 bridgehead atoms. The molecule has 0 fully saturated rings. The van der Waals surface area contributed by atoms with Crippen molar-refractivity contribution in [2.45, 2.75) is 39.4 Å². The van der Waals surface area contributed by atoms with Crippen LogP contribution in [0.25, 0.3) is 53.8 Å². The molecule has 0 saturated carbocycles. The average molecular weight is 798 g/mol. The molecule has 0 aliphatic carbocycles. The summed E-state index contributed by atoms with van der Waals surface area (Å²) in [4.78, 5) is 9.07. The Kier molecular flexibility index (Phi) is 9.82.